The van der Waals surface area contributed by atoms with E-state index in [1.165, 1.54) is 0 Å². The van der Waals surface area contributed by atoms with E-state index in [1.54, 1.807) is 14.2 Å². The van der Waals surface area contributed by atoms with Crippen molar-refractivity contribution in [1.29, 1.82) is 0 Å². The van der Waals surface area contributed by atoms with Gasteiger partial charge >= 0.3 is 8.56 Å². The van der Waals surface area contributed by atoms with Crippen molar-refractivity contribution >= 4 is 20.5 Å². The van der Waals surface area contributed by atoms with Crippen molar-refractivity contribution in [2.24, 2.45) is 4.99 Å². The Morgan fingerprint density at radius 3 is 2.38 bits per heavy atom. The maximum atomic E-state index is 5.39. The molecule has 4 heteroatoms. The Kier molecular flexibility index (Phi) is 5.38. The average molecular weight is 237 g/mol. The highest BCUT2D eigenvalue weighted by atomic mass is 28.4. The molecule has 0 heterocycles. The molecule has 88 valence electrons. The van der Waals surface area contributed by atoms with Crippen LogP contribution in [-0.4, -0.2) is 29.0 Å². The van der Waals surface area contributed by atoms with Gasteiger partial charge in [-0.25, -0.2) is 0 Å². The first-order valence-corrected chi connectivity index (χ1v) is 7.90. The van der Waals surface area contributed by atoms with Crippen LogP contribution in [0.5, 0.6) is 0 Å². The van der Waals surface area contributed by atoms with Gasteiger partial charge in [-0.3, -0.25) is 4.99 Å². The number of para-hydroxylation sites is 1. The number of hydrogen-bond acceptors (Lipinski definition) is 3. The van der Waals surface area contributed by atoms with Crippen LogP contribution >= 0.6 is 0 Å². The summed E-state index contributed by atoms with van der Waals surface area (Å²) >= 11 is 0. The van der Waals surface area contributed by atoms with Crippen LogP contribution in [0, 0.1) is 0 Å². The second-order valence-electron chi connectivity index (χ2n) is 3.73. The van der Waals surface area contributed by atoms with Crippen molar-refractivity contribution in [2.75, 3.05) is 14.2 Å². The topological polar surface area (TPSA) is 30.8 Å². The lowest BCUT2D eigenvalue weighted by Crippen LogP contribution is -2.35. The summed E-state index contributed by atoms with van der Waals surface area (Å²) in [4.78, 5) is 4.36. The summed E-state index contributed by atoms with van der Waals surface area (Å²) < 4.78 is 10.8. The van der Waals surface area contributed by atoms with Crippen molar-refractivity contribution < 1.29 is 8.85 Å². The Morgan fingerprint density at radius 1 is 1.19 bits per heavy atom. The highest BCUT2D eigenvalue weighted by Gasteiger charge is 2.27. The van der Waals surface area contributed by atoms with Crippen LogP contribution in [0.1, 0.15) is 6.42 Å². The molecule has 0 radical (unpaired) electrons. The maximum absolute atomic E-state index is 5.39. The fraction of sp³-hybridized carbons (Fsp3) is 0.417. The first-order chi connectivity index (χ1) is 7.70. The summed E-state index contributed by atoms with van der Waals surface area (Å²) in [6, 6.07) is 10.8. The third-order valence-corrected chi connectivity index (χ3v) is 5.51. The molecular formula is C12H19NO2Si. The molecule has 1 aromatic rings. The number of benzene rings is 1. The molecular weight excluding hydrogens is 218 g/mol. The molecule has 0 aliphatic rings. The predicted octanol–water partition coefficient (Wildman–Crippen LogP) is 3.14. The van der Waals surface area contributed by atoms with Gasteiger partial charge in [0.2, 0.25) is 0 Å². The standard InChI is InChI=1S/C12H19NO2Si/c1-14-16(3,15-2)11-7-10-13-12-8-5-4-6-9-12/h4-6,8-10H,7,11H2,1-3H3. The Balaban J connectivity index is 2.38. The van der Waals surface area contributed by atoms with Crippen LogP contribution in [0.3, 0.4) is 0 Å². The van der Waals surface area contributed by atoms with Crippen LogP contribution < -0.4 is 0 Å². The molecule has 0 fully saturated rings. The molecule has 1 rings (SSSR count). The number of aliphatic imine (C=N–C) groups is 1. The van der Waals surface area contributed by atoms with E-state index in [0.29, 0.717) is 0 Å². The minimum Gasteiger partial charge on any atom is -0.398 e. The zero-order valence-corrected chi connectivity index (χ0v) is 11.1. The number of rotatable bonds is 6. The molecule has 0 saturated heterocycles. The fourth-order valence-electron chi connectivity index (χ4n) is 1.30. The van der Waals surface area contributed by atoms with Crippen molar-refractivity contribution in [3.05, 3.63) is 30.3 Å². The summed E-state index contributed by atoms with van der Waals surface area (Å²) in [5.41, 5.74) is 0.987. The van der Waals surface area contributed by atoms with Gasteiger partial charge in [-0.15, -0.1) is 0 Å². The third kappa shape index (κ3) is 4.26. The van der Waals surface area contributed by atoms with E-state index >= 15 is 0 Å². The normalized spacial score (nSPS) is 12.2. The minimum absolute atomic E-state index is 0.888. The first-order valence-electron chi connectivity index (χ1n) is 5.38. The van der Waals surface area contributed by atoms with E-state index in [2.05, 4.69) is 11.5 Å². The quantitative estimate of drug-likeness (QED) is 0.562. The molecule has 0 saturated carbocycles. The van der Waals surface area contributed by atoms with E-state index in [1.807, 2.05) is 36.5 Å². The predicted molar refractivity (Wildman–Crippen MR) is 69.7 cm³/mol. The average Bonchev–Trinajstić information content (AvgIpc) is 2.36. The van der Waals surface area contributed by atoms with Crippen molar-refractivity contribution in [1.82, 2.24) is 0 Å². The Morgan fingerprint density at radius 2 is 1.81 bits per heavy atom. The van der Waals surface area contributed by atoms with Gasteiger partial charge in [0.1, 0.15) is 0 Å². The Labute approximate surface area is 98.4 Å². The van der Waals surface area contributed by atoms with Gasteiger partial charge in [-0.2, -0.15) is 0 Å². The second-order valence-corrected chi connectivity index (χ2v) is 7.31. The molecule has 16 heavy (non-hydrogen) atoms. The molecule has 0 aliphatic heterocycles. The van der Waals surface area contributed by atoms with Crippen LogP contribution in [0.15, 0.2) is 35.3 Å². The largest absolute Gasteiger partial charge is 0.398 e. The van der Waals surface area contributed by atoms with Crippen molar-refractivity contribution in [3.8, 4) is 0 Å². The van der Waals surface area contributed by atoms with Gasteiger partial charge in [-0.1, -0.05) is 18.2 Å². The third-order valence-electron chi connectivity index (χ3n) is 2.59. The molecule has 0 bridgehead atoms. The monoisotopic (exact) mass is 237 g/mol. The van der Waals surface area contributed by atoms with Crippen LogP contribution in [-0.2, 0) is 8.85 Å². The van der Waals surface area contributed by atoms with E-state index < -0.39 is 8.56 Å². The van der Waals surface area contributed by atoms with Crippen LogP contribution in [0.2, 0.25) is 12.6 Å². The summed E-state index contributed by atoms with van der Waals surface area (Å²) in [5.74, 6) is 0. The van der Waals surface area contributed by atoms with E-state index in [4.69, 9.17) is 8.85 Å². The summed E-state index contributed by atoms with van der Waals surface area (Å²) in [7, 11) is 1.50. The summed E-state index contributed by atoms with van der Waals surface area (Å²) in [6.45, 7) is 2.06. The van der Waals surface area contributed by atoms with Gasteiger partial charge in [0.05, 0.1) is 5.69 Å². The first kappa shape index (κ1) is 13.1. The highest BCUT2D eigenvalue weighted by molar-refractivity contribution is 6.66. The number of nitrogens with zero attached hydrogens (tertiary/aromatic N) is 1. The minimum atomic E-state index is -1.93. The summed E-state index contributed by atoms with van der Waals surface area (Å²) in [6.07, 6.45) is 2.82. The fourth-order valence-corrected chi connectivity index (χ4v) is 2.53. The van der Waals surface area contributed by atoms with Gasteiger partial charge < -0.3 is 8.85 Å². The van der Waals surface area contributed by atoms with Crippen LogP contribution in [0.4, 0.5) is 5.69 Å². The molecule has 0 aromatic heterocycles. The van der Waals surface area contributed by atoms with E-state index in [0.717, 1.165) is 18.2 Å². The highest BCUT2D eigenvalue weighted by Crippen LogP contribution is 2.14. The molecule has 0 atom stereocenters. The number of hydrogen-bond donors (Lipinski definition) is 0. The Hall–Kier alpha value is -0.973. The van der Waals surface area contributed by atoms with Gasteiger partial charge in [0, 0.05) is 20.4 Å². The van der Waals surface area contributed by atoms with E-state index in [9.17, 15) is 0 Å². The zero-order valence-electron chi connectivity index (χ0n) is 10.1. The molecule has 1 aromatic carbocycles. The molecule has 0 aliphatic carbocycles. The molecule has 0 spiro atoms. The lowest BCUT2D eigenvalue weighted by molar-refractivity contribution is 0.250. The maximum Gasteiger partial charge on any atom is 0.334 e. The Bertz CT molecular complexity index is 323. The van der Waals surface area contributed by atoms with Crippen molar-refractivity contribution in [3.63, 3.8) is 0 Å². The lowest BCUT2D eigenvalue weighted by atomic mass is 10.3. The van der Waals surface area contributed by atoms with Gasteiger partial charge in [0.25, 0.3) is 0 Å². The smallest absolute Gasteiger partial charge is 0.334 e. The lowest BCUT2D eigenvalue weighted by Gasteiger charge is -2.21. The molecule has 3 nitrogen and oxygen atoms in total. The zero-order chi connectivity index (χ0) is 11.9. The van der Waals surface area contributed by atoms with Crippen molar-refractivity contribution in [2.45, 2.75) is 19.0 Å². The summed E-state index contributed by atoms with van der Waals surface area (Å²) in [5, 5.41) is 0. The van der Waals surface area contributed by atoms with Gasteiger partial charge in [0.15, 0.2) is 0 Å². The SMILES string of the molecule is CO[Si](C)(CCC=Nc1ccccc1)OC. The molecule has 0 unspecified atom stereocenters. The second kappa shape index (κ2) is 6.58. The molecule has 0 amide bonds. The molecule has 0 N–H and O–H groups in total. The van der Waals surface area contributed by atoms with E-state index in [-0.39, 0.29) is 0 Å². The van der Waals surface area contributed by atoms with Crippen LogP contribution in [0.25, 0.3) is 0 Å². The van der Waals surface area contributed by atoms with Gasteiger partial charge in [-0.05, 0) is 31.1 Å².